The molecule has 0 aromatic heterocycles. The zero-order valence-electron chi connectivity index (χ0n) is 13.0. The van der Waals surface area contributed by atoms with E-state index in [0.717, 1.165) is 51.5 Å². The monoisotopic (exact) mass is 282 g/mol. The molecule has 4 nitrogen and oxygen atoms in total. The number of likely N-dealkylation sites (tertiary alicyclic amines) is 1. The van der Waals surface area contributed by atoms with Crippen molar-refractivity contribution in [2.75, 3.05) is 6.54 Å². The fourth-order valence-electron chi connectivity index (χ4n) is 3.71. The minimum Gasteiger partial charge on any atom is -0.393 e. The van der Waals surface area contributed by atoms with Crippen LogP contribution in [-0.4, -0.2) is 40.8 Å². The number of aliphatic hydroxyl groups excluding tert-OH is 1. The molecule has 2 rings (SSSR count). The summed E-state index contributed by atoms with van der Waals surface area (Å²) in [4.78, 5) is 14.6. The largest absolute Gasteiger partial charge is 0.393 e. The minimum atomic E-state index is -0.161. The summed E-state index contributed by atoms with van der Waals surface area (Å²) in [5, 5.41) is 12.7. The summed E-state index contributed by atoms with van der Waals surface area (Å²) in [7, 11) is 0. The quantitative estimate of drug-likeness (QED) is 0.836. The van der Waals surface area contributed by atoms with Gasteiger partial charge in [-0.15, -0.1) is 0 Å². The molecule has 20 heavy (non-hydrogen) atoms. The van der Waals surface area contributed by atoms with Gasteiger partial charge in [0.25, 0.3) is 0 Å². The molecule has 116 valence electrons. The van der Waals surface area contributed by atoms with E-state index in [0.29, 0.717) is 12.0 Å². The molecule has 2 unspecified atom stereocenters. The van der Waals surface area contributed by atoms with Crippen molar-refractivity contribution >= 4 is 6.03 Å². The van der Waals surface area contributed by atoms with E-state index in [-0.39, 0.29) is 18.2 Å². The summed E-state index contributed by atoms with van der Waals surface area (Å²) in [6.45, 7) is 5.37. The number of amides is 2. The maximum Gasteiger partial charge on any atom is 0.317 e. The van der Waals surface area contributed by atoms with Crippen molar-refractivity contribution in [3.05, 3.63) is 0 Å². The number of urea groups is 1. The summed E-state index contributed by atoms with van der Waals surface area (Å²) < 4.78 is 0. The second kappa shape index (κ2) is 7.30. The Morgan fingerprint density at radius 3 is 2.60 bits per heavy atom. The Labute approximate surface area is 122 Å². The molecule has 0 bridgehead atoms. The zero-order valence-corrected chi connectivity index (χ0v) is 13.0. The Hall–Kier alpha value is -0.770. The molecule has 2 atom stereocenters. The molecule has 1 saturated carbocycles. The van der Waals surface area contributed by atoms with Crippen LogP contribution in [0.25, 0.3) is 0 Å². The van der Waals surface area contributed by atoms with Crippen LogP contribution in [0.3, 0.4) is 0 Å². The van der Waals surface area contributed by atoms with E-state index in [1.54, 1.807) is 0 Å². The van der Waals surface area contributed by atoms with Crippen LogP contribution in [-0.2, 0) is 0 Å². The first-order valence-electron chi connectivity index (χ1n) is 8.37. The number of nitrogens with zero attached hydrogens (tertiary/aromatic N) is 1. The number of aliphatic hydroxyl groups is 1. The van der Waals surface area contributed by atoms with Gasteiger partial charge in [-0.2, -0.15) is 0 Å². The van der Waals surface area contributed by atoms with Crippen molar-refractivity contribution in [1.82, 2.24) is 10.2 Å². The second-order valence-corrected chi connectivity index (χ2v) is 6.62. The average molecular weight is 282 g/mol. The topological polar surface area (TPSA) is 52.6 Å². The SMILES string of the molecule is CCCC1C(C)CCCN1C(=O)NC1CCC(O)CC1. The summed E-state index contributed by atoms with van der Waals surface area (Å²) >= 11 is 0. The third-order valence-electron chi connectivity index (χ3n) is 4.99. The van der Waals surface area contributed by atoms with Crippen molar-refractivity contribution in [2.24, 2.45) is 5.92 Å². The predicted octanol–water partition coefficient (Wildman–Crippen LogP) is 2.90. The van der Waals surface area contributed by atoms with Crippen LogP contribution in [0.15, 0.2) is 0 Å². The number of piperidine rings is 1. The van der Waals surface area contributed by atoms with Gasteiger partial charge in [0.2, 0.25) is 0 Å². The van der Waals surface area contributed by atoms with Crippen LogP contribution in [0.4, 0.5) is 4.79 Å². The lowest BCUT2D eigenvalue weighted by atomic mass is 9.88. The standard InChI is InChI=1S/C16H30N2O2/c1-3-5-15-12(2)6-4-11-18(15)16(20)17-13-7-9-14(19)10-8-13/h12-15,19H,3-11H2,1-2H3,(H,17,20). The van der Waals surface area contributed by atoms with Gasteiger partial charge in [0.05, 0.1) is 6.10 Å². The third kappa shape index (κ3) is 3.87. The van der Waals surface area contributed by atoms with Gasteiger partial charge in [0, 0.05) is 18.6 Å². The van der Waals surface area contributed by atoms with E-state index < -0.39 is 0 Å². The zero-order chi connectivity index (χ0) is 14.5. The van der Waals surface area contributed by atoms with Crippen molar-refractivity contribution in [2.45, 2.75) is 83.4 Å². The first-order valence-corrected chi connectivity index (χ1v) is 8.37. The molecular formula is C16H30N2O2. The van der Waals surface area contributed by atoms with Gasteiger partial charge in [-0.25, -0.2) is 4.79 Å². The molecule has 1 aliphatic carbocycles. The van der Waals surface area contributed by atoms with Crippen LogP contribution >= 0.6 is 0 Å². The average Bonchev–Trinajstić information content (AvgIpc) is 2.43. The van der Waals surface area contributed by atoms with E-state index in [2.05, 4.69) is 24.1 Å². The van der Waals surface area contributed by atoms with E-state index >= 15 is 0 Å². The normalized spacial score (nSPS) is 34.9. The van der Waals surface area contributed by atoms with Crippen LogP contribution in [0, 0.1) is 5.92 Å². The highest BCUT2D eigenvalue weighted by atomic mass is 16.3. The lowest BCUT2D eigenvalue weighted by molar-refractivity contribution is 0.0976. The van der Waals surface area contributed by atoms with Crippen LogP contribution in [0.5, 0.6) is 0 Å². The van der Waals surface area contributed by atoms with Crippen LogP contribution in [0.2, 0.25) is 0 Å². The van der Waals surface area contributed by atoms with Crippen molar-refractivity contribution in [1.29, 1.82) is 0 Å². The van der Waals surface area contributed by atoms with Crippen molar-refractivity contribution in [3.8, 4) is 0 Å². The number of hydrogen-bond acceptors (Lipinski definition) is 2. The molecule has 1 aliphatic heterocycles. The lowest BCUT2D eigenvalue weighted by Gasteiger charge is -2.41. The number of hydrogen-bond donors (Lipinski definition) is 2. The number of rotatable bonds is 3. The molecule has 1 saturated heterocycles. The summed E-state index contributed by atoms with van der Waals surface area (Å²) in [5.74, 6) is 0.614. The molecule has 2 N–H and O–H groups in total. The second-order valence-electron chi connectivity index (χ2n) is 6.62. The van der Waals surface area contributed by atoms with Gasteiger partial charge in [0.15, 0.2) is 0 Å². The van der Waals surface area contributed by atoms with Gasteiger partial charge >= 0.3 is 6.03 Å². The Kier molecular flexibility index (Phi) is 5.70. The third-order valence-corrected chi connectivity index (χ3v) is 4.99. The molecule has 2 amide bonds. The van der Waals surface area contributed by atoms with E-state index in [9.17, 15) is 9.90 Å². The molecule has 0 aromatic rings. The maximum absolute atomic E-state index is 12.5. The first kappa shape index (κ1) is 15.6. The molecule has 4 heteroatoms. The molecule has 2 aliphatic rings. The first-order chi connectivity index (χ1) is 9.61. The van der Waals surface area contributed by atoms with E-state index in [4.69, 9.17) is 0 Å². The Bertz CT molecular complexity index is 314. The predicted molar refractivity (Wildman–Crippen MR) is 80.6 cm³/mol. The summed E-state index contributed by atoms with van der Waals surface area (Å²) in [6, 6.07) is 0.782. The molecular weight excluding hydrogens is 252 g/mol. The van der Waals surface area contributed by atoms with E-state index in [1.165, 1.54) is 6.42 Å². The van der Waals surface area contributed by atoms with Gasteiger partial charge in [0.1, 0.15) is 0 Å². The highest BCUT2D eigenvalue weighted by molar-refractivity contribution is 5.75. The minimum absolute atomic E-state index is 0.122. The maximum atomic E-state index is 12.5. The Morgan fingerprint density at radius 2 is 1.95 bits per heavy atom. The smallest absolute Gasteiger partial charge is 0.317 e. The van der Waals surface area contributed by atoms with Crippen molar-refractivity contribution < 1.29 is 9.90 Å². The van der Waals surface area contributed by atoms with Gasteiger partial charge in [-0.3, -0.25) is 0 Å². The molecule has 1 heterocycles. The number of nitrogens with one attached hydrogen (secondary N) is 1. The van der Waals surface area contributed by atoms with E-state index in [1.807, 2.05) is 0 Å². The molecule has 0 radical (unpaired) electrons. The van der Waals surface area contributed by atoms with Gasteiger partial charge in [-0.1, -0.05) is 20.3 Å². The summed E-state index contributed by atoms with van der Waals surface area (Å²) in [5.41, 5.74) is 0. The highest BCUT2D eigenvalue weighted by Gasteiger charge is 2.32. The highest BCUT2D eigenvalue weighted by Crippen LogP contribution is 2.27. The van der Waals surface area contributed by atoms with Gasteiger partial charge in [-0.05, 0) is 50.9 Å². The molecule has 2 fully saturated rings. The Morgan fingerprint density at radius 1 is 1.25 bits per heavy atom. The number of carbonyl (C=O) groups excluding carboxylic acids is 1. The van der Waals surface area contributed by atoms with Crippen molar-refractivity contribution in [3.63, 3.8) is 0 Å². The fraction of sp³-hybridized carbons (Fsp3) is 0.938. The fourth-order valence-corrected chi connectivity index (χ4v) is 3.71. The number of carbonyl (C=O) groups is 1. The van der Waals surface area contributed by atoms with Gasteiger partial charge < -0.3 is 15.3 Å². The lowest BCUT2D eigenvalue weighted by Crippen LogP contribution is -2.54. The summed E-state index contributed by atoms with van der Waals surface area (Å²) in [6.07, 6.45) is 7.91. The molecule has 0 spiro atoms. The Balaban J connectivity index is 1.89. The van der Waals surface area contributed by atoms with Crippen LogP contribution in [0.1, 0.15) is 65.2 Å². The molecule has 0 aromatic carbocycles. The van der Waals surface area contributed by atoms with Crippen LogP contribution < -0.4 is 5.32 Å².